The van der Waals surface area contributed by atoms with E-state index >= 15 is 0 Å². The van der Waals surface area contributed by atoms with Gasteiger partial charge in [-0.15, -0.1) is 0 Å². The van der Waals surface area contributed by atoms with E-state index in [4.69, 9.17) is 4.42 Å². The van der Waals surface area contributed by atoms with Gasteiger partial charge in [0.1, 0.15) is 10.4 Å². The van der Waals surface area contributed by atoms with Gasteiger partial charge in [-0.3, -0.25) is 4.79 Å². The van der Waals surface area contributed by atoms with Gasteiger partial charge < -0.3 is 14.1 Å². The molecule has 0 aliphatic rings. The normalized spacial score (nSPS) is 10.8. The summed E-state index contributed by atoms with van der Waals surface area (Å²) in [5.41, 5.74) is 0.963. The predicted molar refractivity (Wildman–Crippen MR) is 72.8 cm³/mol. The number of amides is 1. The third kappa shape index (κ3) is 2.26. The highest BCUT2D eigenvalue weighted by atomic mass is 79.9. The fourth-order valence-electron chi connectivity index (χ4n) is 1.84. The Labute approximate surface area is 117 Å². The molecule has 0 aliphatic carbocycles. The third-order valence-electron chi connectivity index (χ3n) is 2.73. The van der Waals surface area contributed by atoms with Gasteiger partial charge in [-0.1, -0.05) is 6.07 Å². The Balaban J connectivity index is 1.81. The van der Waals surface area contributed by atoms with Crippen molar-refractivity contribution in [3.05, 3.63) is 59.0 Å². The molecule has 0 unspecified atom stereocenters. The van der Waals surface area contributed by atoms with Crippen LogP contribution < -0.4 is 5.32 Å². The lowest BCUT2D eigenvalue weighted by Crippen LogP contribution is -2.23. The molecule has 0 bridgehead atoms. The number of halogens is 1. The fraction of sp³-hybridized carbons (Fsp3) is 0.0769. The summed E-state index contributed by atoms with van der Waals surface area (Å²) in [6, 6.07) is 9.10. The first-order valence-electron chi connectivity index (χ1n) is 5.69. The van der Waals surface area contributed by atoms with Crippen LogP contribution in [0.2, 0.25) is 0 Å². The van der Waals surface area contributed by atoms with Crippen molar-refractivity contribution in [3.63, 3.8) is 0 Å². The Morgan fingerprint density at radius 1 is 1.37 bits per heavy atom. The Morgan fingerprint density at radius 3 is 3.05 bits per heavy atom. The van der Waals surface area contributed by atoms with Crippen molar-refractivity contribution in [2.75, 3.05) is 0 Å². The van der Waals surface area contributed by atoms with Crippen LogP contribution in [0, 0.1) is 0 Å². The lowest BCUT2D eigenvalue weighted by molar-refractivity contribution is 0.0922. The van der Waals surface area contributed by atoms with Gasteiger partial charge in [0.2, 0.25) is 0 Å². The SMILES string of the molecule is O=C(NCc1nc(Br)c2ccccn12)c1ccco1. The first-order valence-corrected chi connectivity index (χ1v) is 6.48. The molecule has 0 spiro atoms. The average molecular weight is 320 g/mol. The molecule has 96 valence electrons. The van der Waals surface area contributed by atoms with E-state index in [9.17, 15) is 4.79 Å². The van der Waals surface area contributed by atoms with E-state index in [-0.39, 0.29) is 5.91 Å². The number of fused-ring (bicyclic) bond motifs is 1. The maximum absolute atomic E-state index is 11.8. The van der Waals surface area contributed by atoms with Crippen LogP contribution >= 0.6 is 15.9 Å². The van der Waals surface area contributed by atoms with Crippen LogP contribution in [0.3, 0.4) is 0 Å². The number of nitrogens with zero attached hydrogens (tertiary/aromatic N) is 2. The second kappa shape index (κ2) is 4.89. The van der Waals surface area contributed by atoms with Crippen LogP contribution in [0.25, 0.3) is 5.52 Å². The van der Waals surface area contributed by atoms with Crippen molar-refractivity contribution >= 4 is 27.4 Å². The number of furan rings is 1. The lowest BCUT2D eigenvalue weighted by Gasteiger charge is -2.02. The maximum atomic E-state index is 11.8. The Bertz CT molecular complexity index is 719. The van der Waals surface area contributed by atoms with Gasteiger partial charge >= 0.3 is 0 Å². The van der Waals surface area contributed by atoms with Crippen molar-refractivity contribution in [3.8, 4) is 0 Å². The smallest absolute Gasteiger partial charge is 0.287 e. The highest BCUT2D eigenvalue weighted by molar-refractivity contribution is 9.10. The maximum Gasteiger partial charge on any atom is 0.287 e. The van der Waals surface area contributed by atoms with Crippen LogP contribution in [0.5, 0.6) is 0 Å². The summed E-state index contributed by atoms with van der Waals surface area (Å²) in [5.74, 6) is 0.788. The predicted octanol–water partition coefficient (Wildman–Crippen LogP) is 2.62. The minimum Gasteiger partial charge on any atom is -0.459 e. The summed E-state index contributed by atoms with van der Waals surface area (Å²) in [7, 11) is 0. The van der Waals surface area contributed by atoms with Crippen molar-refractivity contribution in [2.24, 2.45) is 0 Å². The molecular weight excluding hydrogens is 310 g/mol. The van der Waals surface area contributed by atoms with Gasteiger partial charge in [0.15, 0.2) is 5.76 Å². The average Bonchev–Trinajstić information content (AvgIpc) is 3.06. The molecule has 5 nitrogen and oxygen atoms in total. The van der Waals surface area contributed by atoms with E-state index in [1.165, 1.54) is 6.26 Å². The van der Waals surface area contributed by atoms with Gasteiger partial charge in [0, 0.05) is 6.20 Å². The Kier molecular flexibility index (Phi) is 3.08. The van der Waals surface area contributed by atoms with Crippen LogP contribution in [-0.2, 0) is 6.54 Å². The van der Waals surface area contributed by atoms with Crippen LogP contribution in [0.1, 0.15) is 16.4 Å². The van der Waals surface area contributed by atoms with E-state index in [1.807, 2.05) is 28.8 Å². The molecule has 0 atom stereocenters. The lowest BCUT2D eigenvalue weighted by atomic mass is 10.4. The molecule has 6 heteroatoms. The third-order valence-corrected chi connectivity index (χ3v) is 3.31. The zero-order valence-corrected chi connectivity index (χ0v) is 11.4. The minimum atomic E-state index is -0.256. The zero-order valence-electron chi connectivity index (χ0n) is 9.84. The van der Waals surface area contributed by atoms with Crippen LogP contribution in [0.4, 0.5) is 0 Å². The number of imidazole rings is 1. The second-order valence-corrected chi connectivity index (χ2v) is 4.69. The molecule has 3 rings (SSSR count). The molecule has 3 aromatic heterocycles. The number of hydrogen-bond donors (Lipinski definition) is 1. The molecule has 19 heavy (non-hydrogen) atoms. The first-order chi connectivity index (χ1) is 9.25. The summed E-state index contributed by atoms with van der Waals surface area (Å²) in [6.07, 6.45) is 3.37. The number of rotatable bonds is 3. The van der Waals surface area contributed by atoms with E-state index in [1.54, 1.807) is 12.1 Å². The van der Waals surface area contributed by atoms with Crippen molar-refractivity contribution in [1.29, 1.82) is 0 Å². The molecule has 3 aromatic rings. The summed E-state index contributed by atoms with van der Waals surface area (Å²) in [4.78, 5) is 16.1. The molecule has 1 N–H and O–H groups in total. The summed E-state index contributed by atoms with van der Waals surface area (Å²) in [6.45, 7) is 0.330. The van der Waals surface area contributed by atoms with Crippen LogP contribution in [0.15, 0.2) is 51.8 Å². The van der Waals surface area contributed by atoms with Gasteiger partial charge in [0.05, 0.1) is 18.3 Å². The molecule has 0 aromatic carbocycles. The minimum absolute atomic E-state index is 0.256. The monoisotopic (exact) mass is 319 g/mol. The molecule has 1 amide bonds. The molecule has 0 radical (unpaired) electrons. The Morgan fingerprint density at radius 2 is 2.26 bits per heavy atom. The van der Waals surface area contributed by atoms with Gasteiger partial charge in [-0.25, -0.2) is 4.98 Å². The fourth-order valence-corrected chi connectivity index (χ4v) is 2.37. The van der Waals surface area contributed by atoms with Gasteiger partial charge in [-0.2, -0.15) is 0 Å². The molecule has 3 heterocycles. The van der Waals surface area contributed by atoms with Crippen molar-refractivity contribution in [2.45, 2.75) is 6.54 Å². The summed E-state index contributed by atoms with van der Waals surface area (Å²) in [5, 5.41) is 2.77. The topological polar surface area (TPSA) is 59.5 Å². The number of carbonyl (C=O) groups is 1. The number of hydrogen-bond acceptors (Lipinski definition) is 3. The summed E-state index contributed by atoms with van der Waals surface area (Å²) >= 11 is 3.40. The summed E-state index contributed by atoms with van der Waals surface area (Å²) < 4.78 is 7.71. The van der Waals surface area contributed by atoms with Crippen LogP contribution in [-0.4, -0.2) is 15.3 Å². The highest BCUT2D eigenvalue weighted by Gasteiger charge is 2.11. The molecule has 0 aliphatic heterocycles. The molecular formula is C13H10BrN3O2. The number of carbonyl (C=O) groups excluding carboxylic acids is 1. The van der Waals surface area contributed by atoms with Gasteiger partial charge in [0.25, 0.3) is 5.91 Å². The number of aromatic nitrogens is 2. The molecule has 0 fully saturated rings. The highest BCUT2D eigenvalue weighted by Crippen LogP contribution is 2.18. The number of nitrogens with one attached hydrogen (secondary N) is 1. The quantitative estimate of drug-likeness (QED) is 0.807. The second-order valence-electron chi connectivity index (χ2n) is 3.93. The van der Waals surface area contributed by atoms with Crippen molar-refractivity contribution < 1.29 is 9.21 Å². The van der Waals surface area contributed by atoms with E-state index in [0.717, 1.165) is 15.9 Å². The van der Waals surface area contributed by atoms with E-state index in [0.29, 0.717) is 12.3 Å². The largest absolute Gasteiger partial charge is 0.459 e. The number of pyridine rings is 1. The molecule has 0 saturated heterocycles. The Hall–Kier alpha value is -2.08. The molecule has 0 saturated carbocycles. The first kappa shape index (κ1) is 12.0. The van der Waals surface area contributed by atoms with E-state index < -0.39 is 0 Å². The van der Waals surface area contributed by atoms with E-state index in [2.05, 4.69) is 26.2 Å². The zero-order chi connectivity index (χ0) is 13.2. The standard InChI is InChI=1S/C13H10BrN3O2/c14-12-9-4-1-2-6-17(9)11(16-12)8-15-13(18)10-5-3-7-19-10/h1-7H,8H2,(H,15,18). The van der Waals surface area contributed by atoms with Crippen molar-refractivity contribution in [1.82, 2.24) is 14.7 Å². The van der Waals surface area contributed by atoms with Gasteiger partial charge in [-0.05, 0) is 40.2 Å².